The molecule has 7 nitrogen and oxygen atoms in total. The van der Waals surface area contributed by atoms with E-state index in [4.69, 9.17) is 16.0 Å². The standard InChI is InChI=1S/C20H12ClN3O4S/c1-9-22-23-20(29-9)24-16(10-3-2-4-12(25)7-10)15-17(26)13-8-11(21)5-6-14(13)28-18(15)19(24)27/h2-8,16,25H,1H3. The van der Waals surface area contributed by atoms with Crippen LogP contribution in [0.25, 0.3) is 11.0 Å². The Hall–Kier alpha value is -3.23. The lowest BCUT2D eigenvalue weighted by Gasteiger charge is -2.22. The van der Waals surface area contributed by atoms with Gasteiger partial charge in [-0.3, -0.25) is 14.5 Å². The molecule has 0 fully saturated rings. The highest BCUT2D eigenvalue weighted by Crippen LogP contribution is 2.42. The summed E-state index contributed by atoms with van der Waals surface area (Å²) in [7, 11) is 0. The molecule has 1 aliphatic rings. The smallest absolute Gasteiger partial charge is 0.297 e. The fourth-order valence-corrected chi connectivity index (χ4v) is 4.42. The summed E-state index contributed by atoms with van der Waals surface area (Å²) >= 11 is 7.29. The number of nitrogens with zero attached hydrogens (tertiary/aromatic N) is 3. The Morgan fingerprint density at radius 2 is 2.00 bits per heavy atom. The zero-order chi connectivity index (χ0) is 20.3. The van der Waals surface area contributed by atoms with Crippen molar-refractivity contribution in [1.82, 2.24) is 10.2 Å². The molecule has 9 heteroatoms. The summed E-state index contributed by atoms with van der Waals surface area (Å²) in [6.45, 7) is 1.78. The summed E-state index contributed by atoms with van der Waals surface area (Å²) in [6.07, 6.45) is 0. The van der Waals surface area contributed by atoms with Gasteiger partial charge in [-0.25, -0.2) is 0 Å². The second-order valence-electron chi connectivity index (χ2n) is 6.59. The average molecular weight is 426 g/mol. The molecule has 144 valence electrons. The Kier molecular flexibility index (Phi) is 3.94. The lowest BCUT2D eigenvalue weighted by Crippen LogP contribution is -2.29. The van der Waals surface area contributed by atoms with Gasteiger partial charge in [-0.1, -0.05) is 35.1 Å². The second-order valence-corrected chi connectivity index (χ2v) is 8.19. The van der Waals surface area contributed by atoms with Crippen molar-refractivity contribution in [2.24, 2.45) is 0 Å². The van der Waals surface area contributed by atoms with Crippen molar-refractivity contribution in [2.75, 3.05) is 4.90 Å². The summed E-state index contributed by atoms with van der Waals surface area (Å²) in [5, 5.41) is 19.7. The molecular formula is C20H12ClN3O4S. The van der Waals surface area contributed by atoms with Gasteiger partial charge in [-0.15, -0.1) is 10.2 Å². The minimum atomic E-state index is -0.809. The number of phenolic OH excluding ortho intramolecular Hbond substituents is 1. The van der Waals surface area contributed by atoms with E-state index >= 15 is 0 Å². The monoisotopic (exact) mass is 425 g/mol. The largest absolute Gasteiger partial charge is 0.508 e. The van der Waals surface area contributed by atoms with Gasteiger partial charge in [0.05, 0.1) is 17.0 Å². The van der Waals surface area contributed by atoms with Gasteiger partial charge in [0.25, 0.3) is 5.91 Å². The van der Waals surface area contributed by atoms with Crippen LogP contribution in [0, 0.1) is 6.92 Å². The molecule has 0 saturated carbocycles. The summed E-state index contributed by atoms with van der Waals surface area (Å²) in [6, 6.07) is 10.3. The number of hydrogen-bond acceptors (Lipinski definition) is 7. The molecule has 1 aliphatic heterocycles. The molecular weight excluding hydrogens is 414 g/mol. The molecule has 1 unspecified atom stereocenters. The number of carbonyl (C=O) groups is 1. The number of aromatic hydroxyl groups is 1. The summed E-state index contributed by atoms with van der Waals surface area (Å²) in [5.74, 6) is -0.519. The van der Waals surface area contributed by atoms with E-state index in [1.807, 2.05) is 0 Å². The molecule has 4 aromatic rings. The number of halogens is 1. The third kappa shape index (κ3) is 2.72. The maximum Gasteiger partial charge on any atom is 0.297 e. The lowest BCUT2D eigenvalue weighted by atomic mass is 9.98. The predicted molar refractivity (Wildman–Crippen MR) is 109 cm³/mol. The van der Waals surface area contributed by atoms with Crippen molar-refractivity contribution in [3.8, 4) is 5.75 Å². The van der Waals surface area contributed by atoms with Crippen molar-refractivity contribution in [3.05, 3.63) is 79.6 Å². The Balaban J connectivity index is 1.84. The van der Waals surface area contributed by atoms with Crippen LogP contribution in [0.5, 0.6) is 5.75 Å². The van der Waals surface area contributed by atoms with Crippen molar-refractivity contribution in [2.45, 2.75) is 13.0 Å². The third-order valence-electron chi connectivity index (χ3n) is 4.74. The highest BCUT2D eigenvalue weighted by molar-refractivity contribution is 7.15. The van der Waals surface area contributed by atoms with Gasteiger partial charge < -0.3 is 9.52 Å². The van der Waals surface area contributed by atoms with E-state index in [0.29, 0.717) is 20.7 Å². The molecule has 0 saturated heterocycles. The average Bonchev–Trinajstić information content (AvgIpc) is 3.24. The van der Waals surface area contributed by atoms with Crippen LogP contribution < -0.4 is 10.3 Å². The van der Waals surface area contributed by atoms with Crippen LogP contribution in [0.2, 0.25) is 5.02 Å². The molecule has 29 heavy (non-hydrogen) atoms. The van der Waals surface area contributed by atoms with Gasteiger partial charge >= 0.3 is 0 Å². The number of aryl methyl sites for hydroxylation is 1. The van der Waals surface area contributed by atoms with E-state index in [0.717, 1.165) is 0 Å². The minimum absolute atomic E-state index is 0.0185. The highest BCUT2D eigenvalue weighted by atomic mass is 35.5. The van der Waals surface area contributed by atoms with Crippen molar-refractivity contribution >= 4 is 44.9 Å². The van der Waals surface area contributed by atoms with Gasteiger partial charge in [0.15, 0.2) is 5.43 Å². The maximum atomic E-state index is 13.4. The molecule has 1 amide bonds. The zero-order valence-electron chi connectivity index (χ0n) is 14.9. The van der Waals surface area contributed by atoms with Crippen molar-refractivity contribution in [3.63, 3.8) is 0 Å². The lowest BCUT2D eigenvalue weighted by molar-refractivity contribution is 0.0970. The highest BCUT2D eigenvalue weighted by Gasteiger charge is 2.45. The van der Waals surface area contributed by atoms with Gasteiger partial charge in [0.1, 0.15) is 16.3 Å². The molecule has 5 rings (SSSR count). The molecule has 2 aromatic heterocycles. The molecule has 1 N–H and O–H groups in total. The summed E-state index contributed by atoms with van der Waals surface area (Å²) in [4.78, 5) is 28.0. The summed E-state index contributed by atoms with van der Waals surface area (Å²) < 4.78 is 5.84. The van der Waals surface area contributed by atoms with Gasteiger partial charge in [-0.2, -0.15) is 0 Å². The number of fused-ring (bicyclic) bond motifs is 2. The number of amides is 1. The number of phenols is 1. The Morgan fingerprint density at radius 3 is 2.72 bits per heavy atom. The fraction of sp³-hybridized carbons (Fsp3) is 0.100. The number of rotatable bonds is 2. The maximum absolute atomic E-state index is 13.4. The first-order valence-electron chi connectivity index (χ1n) is 8.63. The SMILES string of the molecule is Cc1nnc(N2C(=O)c3oc4ccc(Cl)cc4c(=O)c3C2c2cccc(O)c2)s1. The van der Waals surface area contributed by atoms with Crippen LogP contribution in [0.15, 0.2) is 51.7 Å². The number of aromatic nitrogens is 2. The first kappa shape index (κ1) is 17.8. The quantitative estimate of drug-likeness (QED) is 0.520. The molecule has 0 radical (unpaired) electrons. The van der Waals surface area contributed by atoms with Gasteiger partial charge in [0.2, 0.25) is 10.9 Å². The molecule has 0 aliphatic carbocycles. The number of anilines is 1. The van der Waals surface area contributed by atoms with Crippen LogP contribution in [-0.2, 0) is 0 Å². The number of benzene rings is 2. The Bertz CT molecular complexity index is 1360. The Morgan fingerprint density at radius 1 is 1.17 bits per heavy atom. The molecule has 0 bridgehead atoms. The van der Waals surface area contributed by atoms with E-state index in [1.54, 1.807) is 31.2 Å². The summed E-state index contributed by atoms with van der Waals surface area (Å²) in [5.41, 5.74) is 0.660. The first-order chi connectivity index (χ1) is 13.9. The topological polar surface area (TPSA) is 96.5 Å². The Labute approximate surface area is 172 Å². The van der Waals surface area contributed by atoms with E-state index in [1.165, 1.54) is 34.4 Å². The van der Waals surface area contributed by atoms with Crippen LogP contribution in [0.3, 0.4) is 0 Å². The van der Waals surface area contributed by atoms with Crippen LogP contribution in [0.4, 0.5) is 5.13 Å². The first-order valence-corrected chi connectivity index (χ1v) is 9.82. The van der Waals surface area contributed by atoms with Gasteiger partial charge in [0, 0.05) is 5.02 Å². The normalized spacial score (nSPS) is 15.9. The number of carbonyl (C=O) groups excluding carboxylic acids is 1. The molecule has 3 heterocycles. The molecule has 2 aromatic carbocycles. The predicted octanol–water partition coefficient (Wildman–Crippen LogP) is 4.06. The van der Waals surface area contributed by atoms with Crippen molar-refractivity contribution in [1.29, 1.82) is 0 Å². The third-order valence-corrected chi connectivity index (χ3v) is 5.81. The van der Waals surface area contributed by atoms with Gasteiger partial charge in [-0.05, 0) is 42.8 Å². The second kappa shape index (κ2) is 6.40. The van der Waals surface area contributed by atoms with Crippen molar-refractivity contribution < 1.29 is 14.3 Å². The molecule has 1 atom stereocenters. The fourth-order valence-electron chi connectivity index (χ4n) is 3.54. The van der Waals surface area contributed by atoms with E-state index in [9.17, 15) is 14.7 Å². The number of hydrogen-bond donors (Lipinski definition) is 1. The van der Waals surface area contributed by atoms with Crippen LogP contribution >= 0.6 is 22.9 Å². The van der Waals surface area contributed by atoms with E-state index < -0.39 is 11.9 Å². The van der Waals surface area contributed by atoms with Crippen LogP contribution in [-0.4, -0.2) is 21.2 Å². The van der Waals surface area contributed by atoms with E-state index in [2.05, 4.69) is 10.2 Å². The minimum Gasteiger partial charge on any atom is -0.508 e. The molecule has 0 spiro atoms. The van der Waals surface area contributed by atoms with E-state index in [-0.39, 0.29) is 33.5 Å². The zero-order valence-corrected chi connectivity index (χ0v) is 16.5. The van der Waals surface area contributed by atoms with Crippen LogP contribution in [0.1, 0.15) is 32.7 Å².